The van der Waals surface area contributed by atoms with Gasteiger partial charge in [-0.2, -0.15) is 15.2 Å². The molecule has 2 aromatic heterocycles. The van der Waals surface area contributed by atoms with Crippen LogP contribution in [0.4, 0.5) is 19.6 Å². The second-order valence-corrected chi connectivity index (χ2v) is 14.5. The fourth-order valence-electron chi connectivity index (χ4n) is 8.15. The predicted molar refractivity (Wildman–Crippen MR) is 176 cm³/mol. The van der Waals surface area contributed by atoms with Crippen molar-refractivity contribution in [3.63, 3.8) is 0 Å². The van der Waals surface area contributed by atoms with Crippen LogP contribution in [0, 0.1) is 28.9 Å². The molecule has 0 spiro atoms. The molecule has 4 aromatic rings. The standard InChI is InChI=1S/C33H32ClF2N7O3S/c1-17-11-33(6-2-7-42(33)13-17)15-46-32-39-27-24-28(45-14-18-5-8-41(16-44)9-10-43(18)31(24)40-32)25(34)23(26(27)36)19-3-4-21(35)29-22(19)20(12-37)30(38)47-29/h3-4,16-18H,2,5-11,13-15,38H2,1H3/t17-,18?,33+/m1/s1. The highest BCUT2D eigenvalue weighted by Gasteiger charge is 2.48. The number of aromatic nitrogens is 2. The minimum Gasteiger partial charge on any atom is -0.489 e. The van der Waals surface area contributed by atoms with E-state index in [1.165, 1.54) is 12.1 Å². The summed E-state index contributed by atoms with van der Waals surface area (Å²) in [5.41, 5.74) is 6.12. The van der Waals surface area contributed by atoms with Gasteiger partial charge in [-0.15, -0.1) is 11.3 Å². The number of rotatable bonds is 5. The topological polar surface area (TPSA) is 121 Å². The van der Waals surface area contributed by atoms with Crippen LogP contribution in [0.25, 0.3) is 32.1 Å². The molecule has 14 heteroatoms. The number of nitrogens with zero attached hydrogens (tertiary/aromatic N) is 6. The number of amides is 1. The molecule has 8 rings (SSSR count). The summed E-state index contributed by atoms with van der Waals surface area (Å²) in [4.78, 5) is 27.5. The molecule has 0 bridgehead atoms. The van der Waals surface area contributed by atoms with Crippen LogP contribution in [-0.2, 0) is 4.79 Å². The minimum atomic E-state index is -0.773. The molecule has 3 atom stereocenters. The van der Waals surface area contributed by atoms with Gasteiger partial charge in [0.1, 0.15) is 41.4 Å². The summed E-state index contributed by atoms with van der Waals surface area (Å²) < 4.78 is 45.1. The summed E-state index contributed by atoms with van der Waals surface area (Å²) in [6.07, 6.45) is 4.52. The summed E-state index contributed by atoms with van der Waals surface area (Å²) in [5.74, 6) is -0.189. The molecular weight excluding hydrogens is 648 g/mol. The maximum atomic E-state index is 17.2. The van der Waals surface area contributed by atoms with Crippen molar-refractivity contribution in [2.45, 2.75) is 44.2 Å². The molecule has 3 fully saturated rings. The van der Waals surface area contributed by atoms with Gasteiger partial charge < -0.3 is 25.0 Å². The zero-order valence-electron chi connectivity index (χ0n) is 25.7. The fraction of sp³-hybridized carbons (Fsp3) is 0.455. The Bertz CT molecular complexity index is 2000. The van der Waals surface area contributed by atoms with Crippen molar-refractivity contribution in [3.05, 3.63) is 34.4 Å². The van der Waals surface area contributed by atoms with Crippen molar-refractivity contribution in [2.24, 2.45) is 5.92 Å². The van der Waals surface area contributed by atoms with Gasteiger partial charge in [0.2, 0.25) is 6.41 Å². The number of hydrogen-bond acceptors (Lipinski definition) is 10. The SMILES string of the molecule is C[C@H]1CN2CCC[C@@]2(COc2nc3c4c(c(Cl)c(-c5ccc(F)c6sc(N)c(C#N)c56)c(F)c4n2)OCC2CCN(C=O)CCN32)C1. The summed E-state index contributed by atoms with van der Waals surface area (Å²) in [7, 11) is 0. The largest absolute Gasteiger partial charge is 0.489 e. The van der Waals surface area contributed by atoms with Crippen LogP contribution < -0.4 is 20.1 Å². The smallest absolute Gasteiger partial charge is 0.319 e. The molecule has 1 unspecified atom stereocenters. The molecule has 6 heterocycles. The normalized spacial score (nSPS) is 24.1. The molecule has 47 heavy (non-hydrogen) atoms. The van der Waals surface area contributed by atoms with Crippen LogP contribution in [0.1, 0.15) is 38.2 Å². The first-order valence-electron chi connectivity index (χ1n) is 15.8. The van der Waals surface area contributed by atoms with Gasteiger partial charge in [0, 0.05) is 37.1 Å². The lowest BCUT2D eigenvalue weighted by Gasteiger charge is -2.32. The Labute approximate surface area is 278 Å². The number of carbonyl (C=O) groups excluding carboxylic acids is 1. The van der Waals surface area contributed by atoms with E-state index in [1.807, 2.05) is 11.0 Å². The van der Waals surface area contributed by atoms with Gasteiger partial charge in [-0.05, 0) is 49.8 Å². The minimum absolute atomic E-state index is 0.0327. The number of thiophene rings is 1. The average Bonchev–Trinajstić information content (AvgIpc) is 3.60. The van der Waals surface area contributed by atoms with Gasteiger partial charge in [-0.3, -0.25) is 9.69 Å². The lowest BCUT2D eigenvalue weighted by molar-refractivity contribution is -0.117. The molecule has 4 aliphatic heterocycles. The van der Waals surface area contributed by atoms with Crippen molar-refractivity contribution >= 4 is 61.2 Å². The van der Waals surface area contributed by atoms with Crippen LogP contribution in [0.15, 0.2) is 12.1 Å². The molecule has 0 radical (unpaired) electrons. The zero-order valence-corrected chi connectivity index (χ0v) is 27.3. The van der Waals surface area contributed by atoms with E-state index in [1.54, 1.807) is 4.90 Å². The number of anilines is 2. The Kier molecular flexibility index (Phi) is 7.31. The molecule has 3 saturated heterocycles. The summed E-state index contributed by atoms with van der Waals surface area (Å²) in [6.45, 7) is 6.25. The Morgan fingerprint density at radius 1 is 1.26 bits per heavy atom. The Balaban J connectivity index is 1.34. The van der Waals surface area contributed by atoms with Crippen LogP contribution in [0.3, 0.4) is 0 Å². The number of fused-ring (bicyclic) bond motifs is 4. The molecule has 2 N–H and O–H groups in total. The van der Waals surface area contributed by atoms with Gasteiger partial charge in [0.05, 0.1) is 32.3 Å². The number of nitrogens with two attached hydrogens (primary N) is 1. The lowest BCUT2D eigenvalue weighted by atomic mass is 9.92. The Morgan fingerprint density at radius 3 is 2.91 bits per heavy atom. The number of nitrogen functional groups attached to an aromatic ring is 1. The average molecular weight is 680 g/mol. The summed E-state index contributed by atoms with van der Waals surface area (Å²) in [5, 5.41) is 10.5. The van der Waals surface area contributed by atoms with Gasteiger partial charge in [0.15, 0.2) is 11.6 Å². The molecule has 2 aromatic carbocycles. The summed E-state index contributed by atoms with van der Waals surface area (Å²) >= 11 is 7.97. The van der Waals surface area contributed by atoms with Crippen LogP contribution >= 0.6 is 22.9 Å². The third-order valence-corrected chi connectivity index (χ3v) is 11.7. The summed E-state index contributed by atoms with van der Waals surface area (Å²) in [6, 6.07) is 4.50. The third-order valence-electron chi connectivity index (χ3n) is 10.3. The number of ether oxygens (including phenoxy) is 2. The van der Waals surface area contributed by atoms with Crippen LogP contribution in [0.2, 0.25) is 5.02 Å². The molecule has 4 aliphatic rings. The second-order valence-electron chi connectivity index (χ2n) is 13.1. The molecule has 0 aliphatic carbocycles. The van der Waals surface area contributed by atoms with E-state index in [9.17, 15) is 14.4 Å². The molecule has 244 valence electrons. The lowest BCUT2D eigenvalue weighted by Crippen LogP contribution is -2.43. The number of hydrogen-bond donors (Lipinski definition) is 1. The van der Waals surface area contributed by atoms with E-state index in [0.29, 0.717) is 49.8 Å². The van der Waals surface area contributed by atoms with E-state index >= 15 is 4.39 Å². The molecular formula is C33H32ClF2N7O3S. The molecule has 1 amide bonds. The number of carbonyl (C=O) groups is 1. The van der Waals surface area contributed by atoms with Crippen molar-refractivity contribution in [3.8, 4) is 29.0 Å². The first kappa shape index (κ1) is 30.4. The van der Waals surface area contributed by atoms with E-state index in [4.69, 9.17) is 31.8 Å². The van der Waals surface area contributed by atoms with E-state index < -0.39 is 11.6 Å². The monoisotopic (exact) mass is 679 g/mol. The number of halogens is 3. The van der Waals surface area contributed by atoms with E-state index in [0.717, 1.165) is 50.1 Å². The van der Waals surface area contributed by atoms with Gasteiger partial charge >= 0.3 is 6.01 Å². The predicted octanol–water partition coefficient (Wildman–Crippen LogP) is 5.58. The first-order valence-corrected chi connectivity index (χ1v) is 17.0. The highest BCUT2D eigenvalue weighted by molar-refractivity contribution is 7.23. The number of nitriles is 1. The van der Waals surface area contributed by atoms with Gasteiger partial charge in [0.25, 0.3) is 0 Å². The van der Waals surface area contributed by atoms with Crippen molar-refractivity contribution in [2.75, 3.05) is 56.6 Å². The second kappa shape index (κ2) is 11.3. The quantitative estimate of drug-likeness (QED) is 0.270. The van der Waals surface area contributed by atoms with Crippen LogP contribution in [0.5, 0.6) is 11.8 Å². The highest BCUT2D eigenvalue weighted by Crippen LogP contribution is 2.51. The van der Waals surface area contributed by atoms with Crippen molar-refractivity contribution in [1.82, 2.24) is 19.8 Å². The maximum absolute atomic E-state index is 17.2. The fourth-order valence-corrected chi connectivity index (χ4v) is 9.43. The molecule has 0 saturated carbocycles. The first-order chi connectivity index (χ1) is 22.7. The van der Waals surface area contributed by atoms with Crippen molar-refractivity contribution < 1.29 is 23.0 Å². The van der Waals surface area contributed by atoms with Gasteiger partial charge in [-0.25, -0.2) is 8.78 Å². The highest BCUT2D eigenvalue weighted by atomic mass is 35.5. The number of benzene rings is 2. The zero-order chi connectivity index (χ0) is 32.6. The molecule has 10 nitrogen and oxygen atoms in total. The maximum Gasteiger partial charge on any atom is 0.319 e. The Hall–Kier alpha value is -3.99. The Morgan fingerprint density at radius 2 is 2.11 bits per heavy atom. The van der Waals surface area contributed by atoms with Crippen molar-refractivity contribution in [1.29, 1.82) is 5.26 Å². The van der Waals surface area contributed by atoms with E-state index in [2.05, 4.69) is 16.8 Å². The van der Waals surface area contributed by atoms with E-state index in [-0.39, 0.29) is 72.3 Å². The third kappa shape index (κ3) is 4.67. The van der Waals surface area contributed by atoms with Crippen LogP contribution in [-0.4, -0.2) is 83.7 Å². The van der Waals surface area contributed by atoms with Gasteiger partial charge in [-0.1, -0.05) is 24.6 Å².